The first kappa shape index (κ1) is 30.2. The number of hydrogen-bond donors (Lipinski definition) is 0. The van der Waals surface area contributed by atoms with Gasteiger partial charge in [-0.1, -0.05) is 55.8 Å². The Bertz CT molecular complexity index is 954. The van der Waals surface area contributed by atoms with Crippen LogP contribution in [0.15, 0.2) is 59.9 Å². The van der Waals surface area contributed by atoms with Gasteiger partial charge in [0.2, 0.25) is 0 Å². The fourth-order valence-corrected chi connectivity index (χ4v) is 4.92. The summed E-state index contributed by atoms with van der Waals surface area (Å²) >= 11 is 0. The van der Waals surface area contributed by atoms with E-state index in [9.17, 15) is 4.79 Å². The van der Waals surface area contributed by atoms with E-state index in [2.05, 4.69) is 17.9 Å². The number of carbonyl (C=O) groups excluding carboxylic acids is 1. The SMILES string of the molecule is CCCCC(F)(F)[C@@H](C=C=C1C2C/C=C\CCCC(=O)OC2C[C@H]1OC(C)OCC)OCc1ccccc1. The molecule has 0 aromatic heterocycles. The maximum Gasteiger partial charge on any atom is 0.306 e. The number of allylic oxidation sites excluding steroid dienone is 2. The molecule has 1 aliphatic carbocycles. The molecular weight excluding hydrogens is 490 g/mol. The monoisotopic (exact) mass is 532 g/mol. The van der Waals surface area contributed by atoms with Gasteiger partial charge in [0.05, 0.1) is 12.7 Å². The Labute approximate surface area is 225 Å². The van der Waals surface area contributed by atoms with Gasteiger partial charge < -0.3 is 18.9 Å². The van der Waals surface area contributed by atoms with Crippen molar-refractivity contribution in [3.63, 3.8) is 0 Å². The van der Waals surface area contributed by atoms with Crippen LogP contribution in [-0.4, -0.2) is 43.1 Å². The van der Waals surface area contributed by atoms with Crippen molar-refractivity contribution in [3.05, 3.63) is 65.4 Å². The number of carbonyl (C=O) groups is 1. The van der Waals surface area contributed by atoms with Gasteiger partial charge in [-0.15, -0.1) is 5.73 Å². The number of ether oxygens (including phenoxy) is 4. The van der Waals surface area contributed by atoms with Crippen LogP contribution in [0.4, 0.5) is 8.78 Å². The molecule has 1 aromatic carbocycles. The number of rotatable bonds is 12. The van der Waals surface area contributed by atoms with Crippen LogP contribution < -0.4 is 0 Å². The van der Waals surface area contributed by atoms with E-state index in [0.717, 1.165) is 18.4 Å². The van der Waals surface area contributed by atoms with Gasteiger partial charge in [-0.25, -0.2) is 8.78 Å². The Balaban J connectivity index is 1.96. The van der Waals surface area contributed by atoms with Crippen molar-refractivity contribution in [1.29, 1.82) is 0 Å². The Morgan fingerprint density at radius 3 is 2.71 bits per heavy atom. The summed E-state index contributed by atoms with van der Waals surface area (Å²) in [6.07, 6.45) is 6.36. The molecule has 210 valence electrons. The molecule has 5 nitrogen and oxygen atoms in total. The van der Waals surface area contributed by atoms with Crippen molar-refractivity contribution in [2.75, 3.05) is 6.61 Å². The smallest absolute Gasteiger partial charge is 0.306 e. The summed E-state index contributed by atoms with van der Waals surface area (Å²) < 4.78 is 54.0. The minimum absolute atomic E-state index is 0.0639. The Morgan fingerprint density at radius 1 is 1.18 bits per heavy atom. The maximum atomic E-state index is 15.3. The zero-order valence-corrected chi connectivity index (χ0v) is 22.9. The number of fused-ring (bicyclic) bond motifs is 1. The lowest BCUT2D eigenvalue weighted by Crippen LogP contribution is -2.34. The maximum absolute atomic E-state index is 15.3. The molecule has 1 aromatic rings. The van der Waals surface area contributed by atoms with E-state index in [-0.39, 0.29) is 24.9 Å². The number of unbranched alkanes of at least 4 members (excludes halogenated alkanes) is 1. The molecule has 3 unspecified atom stereocenters. The molecule has 0 amide bonds. The highest BCUT2D eigenvalue weighted by atomic mass is 19.3. The van der Waals surface area contributed by atoms with Gasteiger partial charge in [0.1, 0.15) is 12.2 Å². The predicted octanol–water partition coefficient (Wildman–Crippen LogP) is 7.31. The van der Waals surface area contributed by atoms with E-state index in [4.69, 9.17) is 18.9 Å². The number of hydrogen-bond acceptors (Lipinski definition) is 5. The van der Waals surface area contributed by atoms with Gasteiger partial charge in [0, 0.05) is 37.4 Å². The number of halogens is 2. The summed E-state index contributed by atoms with van der Waals surface area (Å²) in [7, 11) is 0. The highest BCUT2D eigenvalue weighted by Gasteiger charge is 2.43. The lowest BCUT2D eigenvalue weighted by Gasteiger charge is -2.25. The third kappa shape index (κ3) is 9.16. The van der Waals surface area contributed by atoms with Crippen LogP contribution in [0.25, 0.3) is 0 Å². The summed E-state index contributed by atoms with van der Waals surface area (Å²) in [6.45, 7) is 6.12. The molecule has 0 bridgehead atoms. The molecule has 0 radical (unpaired) electrons. The average molecular weight is 533 g/mol. The molecule has 7 heteroatoms. The molecule has 0 saturated heterocycles. The molecule has 1 heterocycles. The van der Waals surface area contributed by atoms with Crippen molar-refractivity contribution < 1.29 is 32.5 Å². The summed E-state index contributed by atoms with van der Waals surface area (Å²) in [5, 5.41) is 0. The van der Waals surface area contributed by atoms with Crippen LogP contribution in [0.5, 0.6) is 0 Å². The van der Waals surface area contributed by atoms with Crippen molar-refractivity contribution in [2.24, 2.45) is 5.92 Å². The highest BCUT2D eigenvalue weighted by Crippen LogP contribution is 2.39. The van der Waals surface area contributed by atoms with Crippen LogP contribution in [0.2, 0.25) is 0 Å². The Kier molecular flexibility index (Phi) is 12.2. The largest absolute Gasteiger partial charge is 0.462 e. The standard InChI is InChI=1S/C31H42F2O5/c1-4-6-20-31(32,33)29(36-22-24-14-10-9-11-15-24)19-18-26-25-16-12-7-8-13-17-30(34)38-28(25)21-27(26)37-23(3)35-5-2/h7,9-12,14-15,19,23,25,27-29H,4-6,8,13,16-17,20-22H2,1-3H3/b12-7-/t18?,23?,25?,27-,28?,29-/m1/s1. The first-order valence-corrected chi connectivity index (χ1v) is 14.0. The van der Waals surface area contributed by atoms with E-state index < -0.39 is 30.5 Å². The molecule has 1 aliphatic heterocycles. The normalized spacial score (nSPS) is 24.6. The van der Waals surface area contributed by atoms with Gasteiger partial charge in [0.15, 0.2) is 6.29 Å². The lowest BCUT2D eigenvalue weighted by atomic mass is 9.95. The summed E-state index contributed by atoms with van der Waals surface area (Å²) in [4.78, 5) is 12.4. The van der Waals surface area contributed by atoms with E-state index in [1.54, 1.807) is 6.92 Å². The van der Waals surface area contributed by atoms with Gasteiger partial charge in [-0.2, -0.15) is 0 Å². The third-order valence-electron chi connectivity index (χ3n) is 6.94. The minimum atomic E-state index is -3.06. The van der Waals surface area contributed by atoms with Crippen molar-refractivity contribution in [2.45, 2.75) is 109 Å². The average Bonchev–Trinajstić information content (AvgIpc) is 3.20. The quantitative estimate of drug-likeness (QED) is 0.122. The van der Waals surface area contributed by atoms with Gasteiger partial charge in [0.25, 0.3) is 5.92 Å². The summed E-state index contributed by atoms with van der Waals surface area (Å²) in [5.74, 6) is -3.52. The first-order chi connectivity index (χ1) is 18.3. The van der Waals surface area contributed by atoms with E-state index in [1.807, 2.05) is 44.2 Å². The predicted molar refractivity (Wildman–Crippen MR) is 143 cm³/mol. The van der Waals surface area contributed by atoms with Crippen LogP contribution in [-0.2, 0) is 30.3 Å². The van der Waals surface area contributed by atoms with Crippen LogP contribution in [0.3, 0.4) is 0 Å². The molecule has 0 spiro atoms. The van der Waals surface area contributed by atoms with Crippen molar-refractivity contribution in [1.82, 2.24) is 0 Å². The molecule has 38 heavy (non-hydrogen) atoms. The molecule has 5 atom stereocenters. The van der Waals surface area contributed by atoms with E-state index >= 15 is 8.78 Å². The van der Waals surface area contributed by atoms with Crippen LogP contribution in [0, 0.1) is 5.92 Å². The van der Waals surface area contributed by atoms with Crippen molar-refractivity contribution in [3.8, 4) is 0 Å². The number of benzene rings is 1. The van der Waals surface area contributed by atoms with Crippen molar-refractivity contribution >= 4 is 5.97 Å². The second kappa shape index (κ2) is 15.3. The number of alkyl halides is 2. The fraction of sp³-hybridized carbons (Fsp3) is 0.613. The Morgan fingerprint density at radius 2 is 1.97 bits per heavy atom. The van der Waals surface area contributed by atoms with Gasteiger partial charge in [-0.3, -0.25) is 4.79 Å². The molecule has 1 fully saturated rings. The molecule has 0 N–H and O–H groups in total. The zero-order chi connectivity index (χ0) is 27.4. The number of esters is 1. The molecule has 1 saturated carbocycles. The first-order valence-electron chi connectivity index (χ1n) is 14.0. The van der Waals surface area contributed by atoms with E-state index in [1.165, 1.54) is 6.08 Å². The second-order valence-corrected chi connectivity index (χ2v) is 9.97. The van der Waals surface area contributed by atoms with Crippen LogP contribution in [0.1, 0.15) is 77.7 Å². The topological polar surface area (TPSA) is 54.0 Å². The zero-order valence-electron chi connectivity index (χ0n) is 22.9. The van der Waals surface area contributed by atoms with Gasteiger partial charge >= 0.3 is 5.97 Å². The minimum Gasteiger partial charge on any atom is -0.462 e. The van der Waals surface area contributed by atoms with Gasteiger partial charge in [-0.05, 0) is 51.2 Å². The second-order valence-electron chi connectivity index (χ2n) is 9.97. The summed E-state index contributed by atoms with van der Waals surface area (Å²) in [6, 6.07) is 9.29. The Hall–Kier alpha value is -2.31. The molecular formula is C31H42F2O5. The fourth-order valence-electron chi connectivity index (χ4n) is 4.92. The highest BCUT2D eigenvalue weighted by molar-refractivity contribution is 5.69. The van der Waals surface area contributed by atoms with Crippen LogP contribution >= 0.6 is 0 Å². The third-order valence-corrected chi connectivity index (χ3v) is 6.94. The molecule has 3 rings (SSSR count). The lowest BCUT2D eigenvalue weighted by molar-refractivity contribution is -0.157. The van der Waals surface area contributed by atoms with E-state index in [0.29, 0.717) is 44.3 Å². The summed E-state index contributed by atoms with van der Waals surface area (Å²) in [5.41, 5.74) is 4.71. The molecule has 2 aliphatic rings.